The van der Waals surface area contributed by atoms with E-state index in [0.29, 0.717) is 40.3 Å². The quantitative estimate of drug-likeness (QED) is 0.619. The second-order valence-electron chi connectivity index (χ2n) is 7.01. The molecule has 1 N–H and O–H groups in total. The van der Waals surface area contributed by atoms with E-state index in [9.17, 15) is 9.90 Å². The standard InChI is InChI=1S/C23H27NO5/c1-6-24(7-2)13-18-19(25)10-9-16-14(3)21(23(26)29-22(16)18)17-12-15(27-4)8-11-20(17)28-5/h8-12,25H,6-7,13H2,1-5H3. The van der Waals surface area contributed by atoms with Crippen LogP contribution in [-0.2, 0) is 6.54 Å². The maximum absolute atomic E-state index is 13.0. The van der Waals surface area contributed by atoms with Gasteiger partial charge in [0.25, 0.3) is 0 Å². The van der Waals surface area contributed by atoms with Crippen LogP contribution in [-0.4, -0.2) is 27.3 Å². The predicted octanol–water partition coefficient (Wildman–Crippen LogP) is 2.28. The summed E-state index contributed by atoms with van der Waals surface area (Å²) in [5.74, 6) is 1.06. The summed E-state index contributed by atoms with van der Waals surface area (Å²) >= 11 is 0. The van der Waals surface area contributed by atoms with Gasteiger partial charge in [-0.1, -0.05) is 17.9 Å². The average molecular weight is 397 g/mol. The van der Waals surface area contributed by atoms with E-state index in [1.165, 1.54) is 4.90 Å². The Morgan fingerprint density at radius 3 is 2.41 bits per heavy atom. The molecular weight excluding hydrogens is 370 g/mol. The van der Waals surface area contributed by atoms with Gasteiger partial charge in [-0.15, -0.1) is 0 Å². The summed E-state index contributed by atoms with van der Waals surface area (Å²) in [4.78, 5) is 14.3. The topological polar surface area (TPSA) is 76.2 Å². The second kappa shape index (κ2) is 8.57. The number of rotatable bonds is 7. The molecule has 0 unspecified atom stereocenters. The first-order chi connectivity index (χ1) is 13.9. The third-order valence-corrected chi connectivity index (χ3v) is 5.50. The van der Waals surface area contributed by atoms with Crippen molar-refractivity contribution in [3.63, 3.8) is 0 Å². The van der Waals surface area contributed by atoms with Crippen LogP contribution in [0.1, 0.15) is 25.0 Å². The fraction of sp³-hybridized carbons (Fsp3) is 0.348. The number of nitrogens with one attached hydrogen (secondary N) is 1. The molecule has 29 heavy (non-hydrogen) atoms. The Morgan fingerprint density at radius 1 is 1.07 bits per heavy atom. The van der Waals surface area contributed by atoms with Gasteiger partial charge >= 0.3 is 5.63 Å². The van der Waals surface area contributed by atoms with Crippen LogP contribution in [0, 0.1) is 6.92 Å². The van der Waals surface area contributed by atoms with E-state index in [1.807, 2.05) is 6.92 Å². The smallest absolute Gasteiger partial charge is 0.344 e. The van der Waals surface area contributed by atoms with Gasteiger partial charge in [-0.05, 0) is 44.5 Å². The van der Waals surface area contributed by atoms with Crippen LogP contribution in [0.5, 0.6) is 17.2 Å². The number of benzene rings is 2. The van der Waals surface area contributed by atoms with Crippen molar-refractivity contribution in [1.29, 1.82) is 0 Å². The normalized spacial score (nSPS) is 11.2. The molecule has 2 aromatic carbocycles. The molecule has 0 bridgehead atoms. The summed E-state index contributed by atoms with van der Waals surface area (Å²) in [6.07, 6.45) is 0. The Hall–Kier alpha value is -2.99. The molecular formula is C23H27NO5. The lowest BCUT2D eigenvalue weighted by Crippen LogP contribution is -3.10. The van der Waals surface area contributed by atoms with Crippen LogP contribution in [0.25, 0.3) is 22.1 Å². The molecule has 3 rings (SSSR count). The number of aryl methyl sites for hydroxylation is 1. The first-order valence-electron chi connectivity index (χ1n) is 9.77. The summed E-state index contributed by atoms with van der Waals surface area (Å²) in [5, 5.41) is 13.3. The highest BCUT2D eigenvalue weighted by Crippen LogP contribution is 2.36. The summed E-state index contributed by atoms with van der Waals surface area (Å²) < 4.78 is 16.5. The van der Waals surface area contributed by atoms with Crippen molar-refractivity contribution in [2.75, 3.05) is 27.3 Å². The number of hydrogen-bond donors (Lipinski definition) is 1. The highest BCUT2D eigenvalue weighted by molar-refractivity contribution is 5.90. The lowest BCUT2D eigenvalue weighted by molar-refractivity contribution is -0.910. The molecule has 1 aromatic heterocycles. The summed E-state index contributed by atoms with van der Waals surface area (Å²) in [6.45, 7) is 8.30. The molecule has 0 aliphatic carbocycles. The molecule has 0 spiro atoms. The van der Waals surface area contributed by atoms with Gasteiger partial charge in [-0.25, -0.2) is 4.79 Å². The molecule has 1 heterocycles. The Morgan fingerprint density at radius 2 is 1.79 bits per heavy atom. The van der Waals surface area contributed by atoms with Crippen LogP contribution < -0.4 is 25.1 Å². The fourth-order valence-electron chi connectivity index (χ4n) is 3.69. The van der Waals surface area contributed by atoms with Crippen molar-refractivity contribution in [3.8, 4) is 28.4 Å². The second-order valence-corrected chi connectivity index (χ2v) is 7.01. The molecule has 0 saturated carbocycles. The van der Waals surface area contributed by atoms with Gasteiger partial charge in [-0.3, -0.25) is 0 Å². The Labute approximate surface area is 170 Å². The van der Waals surface area contributed by atoms with Crippen molar-refractivity contribution in [2.45, 2.75) is 27.3 Å². The minimum absolute atomic E-state index is 0.105. The minimum Gasteiger partial charge on any atom is -0.872 e. The van der Waals surface area contributed by atoms with Crippen LogP contribution in [0.4, 0.5) is 0 Å². The van der Waals surface area contributed by atoms with Gasteiger partial charge in [0, 0.05) is 16.5 Å². The molecule has 0 amide bonds. The van der Waals surface area contributed by atoms with E-state index >= 15 is 0 Å². The van der Waals surface area contributed by atoms with Crippen LogP contribution in [0.15, 0.2) is 39.5 Å². The fourth-order valence-corrected chi connectivity index (χ4v) is 3.69. The van der Waals surface area contributed by atoms with Gasteiger partial charge in [0.1, 0.15) is 23.6 Å². The molecule has 0 atom stereocenters. The number of quaternary nitrogens is 1. The predicted molar refractivity (Wildman–Crippen MR) is 111 cm³/mol. The molecule has 6 nitrogen and oxygen atoms in total. The van der Waals surface area contributed by atoms with Gasteiger partial charge in [-0.2, -0.15) is 0 Å². The number of hydrogen-bond acceptors (Lipinski definition) is 5. The van der Waals surface area contributed by atoms with E-state index in [2.05, 4.69) is 13.8 Å². The first-order valence-corrected chi connectivity index (χ1v) is 9.77. The molecule has 0 aliphatic heterocycles. The molecule has 154 valence electrons. The van der Waals surface area contributed by atoms with Crippen molar-refractivity contribution in [1.82, 2.24) is 0 Å². The molecule has 3 aromatic rings. The van der Waals surface area contributed by atoms with Crippen LogP contribution in [0.3, 0.4) is 0 Å². The van der Waals surface area contributed by atoms with Gasteiger partial charge in [0.05, 0.1) is 32.9 Å². The molecule has 0 saturated heterocycles. The molecule has 0 aliphatic rings. The summed E-state index contributed by atoms with van der Waals surface area (Å²) in [5.41, 5.74) is 2.19. The third kappa shape index (κ3) is 3.80. The molecule has 0 radical (unpaired) electrons. The lowest BCUT2D eigenvalue weighted by Gasteiger charge is -2.21. The highest BCUT2D eigenvalue weighted by atomic mass is 16.5. The van der Waals surface area contributed by atoms with Crippen molar-refractivity contribution >= 4 is 11.0 Å². The SMILES string of the molecule is CC[NH+](CC)Cc1c([O-])ccc2c(C)c(-c3cc(OC)ccc3OC)c(=O)oc12. The lowest BCUT2D eigenvalue weighted by atomic mass is 9.97. The Bertz CT molecular complexity index is 1080. The first kappa shape index (κ1) is 20.7. The monoisotopic (exact) mass is 397 g/mol. The number of ether oxygens (including phenoxy) is 2. The van der Waals surface area contributed by atoms with E-state index in [0.717, 1.165) is 24.0 Å². The highest BCUT2D eigenvalue weighted by Gasteiger charge is 2.20. The van der Waals surface area contributed by atoms with Gasteiger partial charge in [0.15, 0.2) is 0 Å². The maximum atomic E-state index is 13.0. The van der Waals surface area contributed by atoms with E-state index in [4.69, 9.17) is 13.9 Å². The van der Waals surface area contributed by atoms with Crippen LogP contribution >= 0.6 is 0 Å². The average Bonchev–Trinajstić information content (AvgIpc) is 2.73. The Balaban J connectivity index is 2.29. The van der Waals surface area contributed by atoms with E-state index in [1.54, 1.807) is 44.6 Å². The summed E-state index contributed by atoms with van der Waals surface area (Å²) in [7, 11) is 3.12. The zero-order valence-corrected chi connectivity index (χ0v) is 17.5. The molecule has 0 fully saturated rings. The zero-order chi connectivity index (χ0) is 21.1. The largest absolute Gasteiger partial charge is 0.872 e. The summed E-state index contributed by atoms with van der Waals surface area (Å²) in [6, 6.07) is 8.57. The minimum atomic E-state index is -0.497. The van der Waals surface area contributed by atoms with E-state index < -0.39 is 5.63 Å². The number of methoxy groups -OCH3 is 2. The van der Waals surface area contributed by atoms with Crippen molar-refractivity contribution in [3.05, 3.63) is 51.9 Å². The van der Waals surface area contributed by atoms with Gasteiger partial charge < -0.3 is 23.9 Å². The zero-order valence-electron chi connectivity index (χ0n) is 17.5. The van der Waals surface area contributed by atoms with E-state index in [-0.39, 0.29) is 5.75 Å². The van der Waals surface area contributed by atoms with Crippen LogP contribution in [0.2, 0.25) is 0 Å². The maximum Gasteiger partial charge on any atom is 0.344 e. The third-order valence-electron chi connectivity index (χ3n) is 5.50. The van der Waals surface area contributed by atoms with Crippen molar-refractivity contribution < 1.29 is 23.9 Å². The van der Waals surface area contributed by atoms with Gasteiger partial charge in [0.2, 0.25) is 0 Å². The molecule has 6 heteroatoms. The number of fused-ring (bicyclic) bond motifs is 1. The Kier molecular flexibility index (Phi) is 6.13. The van der Waals surface area contributed by atoms with Crippen molar-refractivity contribution in [2.24, 2.45) is 0 Å².